The molecule has 12 rings (SSSR count). The highest BCUT2D eigenvalue weighted by Gasteiger charge is 2.46. The third-order valence-electron chi connectivity index (χ3n) is 12.5. The summed E-state index contributed by atoms with van der Waals surface area (Å²) >= 11 is 0. The van der Waals surface area contributed by atoms with E-state index >= 15 is 0 Å². The molecule has 1 heterocycles. The van der Waals surface area contributed by atoms with Crippen LogP contribution >= 0.6 is 0 Å². The van der Waals surface area contributed by atoms with Crippen LogP contribution in [-0.2, 0) is 5.41 Å². The molecular formula is C57H37NO. The molecule has 10 aromatic carbocycles. The van der Waals surface area contributed by atoms with Crippen molar-refractivity contribution in [1.82, 2.24) is 0 Å². The Morgan fingerprint density at radius 2 is 0.966 bits per heavy atom. The fourth-order valence-corrected chi connectivity index (χ4v) is 9.93. The summed E-state index contributed by atoms with van der Waals surface area (Å²) < 4.78 is 7.06. The zero-order valence-corrected chi connectivity index (χ0v) is 32.2. The molecule has 2 heteroatoms. The molecule has 0 saturated carbocycles. The Morgan fingerprint density at radius 1 is 0.356 bits per heavy atom. The van der Waals surface area contributed by atoms with Crippen molar-refractivity contribution in [3.63, 3.8) is 0 Å². The van der Waals surface area contributed by atoms with Crippen LogP contribution in [0.4, 0.5) is 17.1 Å². The molecule has 1 aliphatic carbocycles. The lowest BCUT2D eigenvalue weighted by atomic mass is 9.67. The van der Waals surface area contributed by atoms with Gasteiger partial charge in [-0.25, -0.2) is 0 Å². The molecule has 0 amide bonds. The van der Waals surface area contributed by atoms with E-state index in [4.69, 9.17) is 4.42 Å². The first-order chi connectivity index (χ1) is 29.3. The van der Waals surface area contributed by atoms with Gasteiger partial charge in [0, 0.05) is 39.5 Å². The number of hydrogen-bond donors (Lipinski definition) is 0. The lowest BCUT2D eigenvalue weighted by molar-refractivity contribution is 0.670. The van der Waals surface area contributed by atoms with Crippen LogP contribution in [0.1, 0.15) is 22.3 Å². The van der Waals surface area contributed by atoms with E-state index in [1.165, 1.54) is 54.9 Å². The van der Waals surface area contributed by atoms with Crippen LogP contribution in [0.2, 0.25) is 0 Å². The summed E-state index contributed by atoms with van der Waals surface area (Å²) in [5, 5.41) is 7.03. The van der Waals surface area contributed by atoms with Gasteiger partial charge in [0.05, 0.1) is 5.41 Å². The number of fused-ring (bicyclic) bond motifs is 8. The minimum absolute atomic E-state index is 0.503. The average molecular weight is 752 g/mol. The van der Waals surface area contributed by atoms with Crippen molar-refractivity contribution in [2.45, 2.75) is 5.41 Å². The van der Waals surface area contributed by atoms with Crippen molar-refractivity contribution in [2.24, 2.45) is 0 Å². The van der Waals surface area contributed by atoms with Gasteiger partial charge in [0.2, 0.25) is 0 Å². The van der Waals surface area contributed by atoms with Crippen LogP contribution in [0.5, 0.6) is 0 Å². The number of rotatable bonds is 6. The van der Waals surface area contributed by atoms with Gasteiger partial charge in [-0.05, 0) is 109 Å². The second-order valence-corrected chi connectivity index (χ2v) is 15.6. The molecule has 11 aromatic rings. The molecule has 1 aromatic heterocycles. The molecule has 0 saturated heterocycles. The maximum atomic E-state index is 7.06. The van der Waals surface area contributed by atoms with Gasteiger partial charge in [0.15, 0.2) is 0 Å². The number of benzene rings is 10. The molecule has 59 heavy (non-hydrogen) atoms. The highest BCUT2D eigenvalue weighted by Crippen LogP contribution is 2.57. The highest BCUT2D eigenvalue weighted by atomic mass is 16.3. The second kappa shape index (κ2) is 13.2. The lowest BCUT2D eigenvalue weighted by Gasteiger charge is -2.35. The van der Waals surface area contributed by atoms with Crippen molar-refractivity contribution < 1.29 is 4.42 Å². The quantitative estimate of drug-likeness (QED) is 0.168. The molecule has 0 bridgehead atoms. The Labute approximate surface area is 342 Å². The van der Waals surface area contributed by atoms with Gasteiger partial charge in [0.25, 0.3) is 0 Å². The fourth-order valence-electron chi connectivity index (χ4n) is 9.93. The normalized spacial score (nSPS) is 12.9. The van der Waals surface area contributed by atoms with Gasteiger partial charge in [-0.2, -0.15) is 0 Å². The van der Waals surface area contributed by atoms with Crippen molar-refractivity contribution in [3.05, 3.63) is 247 Å². The number of nitrogens with zero attached hydrogens (tertiary/aromatic N) is 1. The Hall–Kier alpha value is -7.68. The SMILES string of the molecule is c1ccc(N(c2ccc3c(c2)C(c2ccccc2)(c2ccccc2)c2ccccc2-3)c2ccc3c(c2)oc2c(-c4ccc5ccccc5c4)c4ccccc4cc23)cc1. The number of anilines is 3. The van der Waals surface area contributed by atoms with Gasteiger partial charge in [-0.15, -0.1) is 0 Å². The van der Waals surface area contributed by atoms with E-state index in [1.807, 2.05) is 0 Å². The van der Waals surface area contributed by atoms with Gasteiger partial charge in [-0.3, -0.25) is 0 Å². The number of para-hydroxylation sites is 1. The Bertz CT molecular complexity index is 3340. The predicted octanol–water partition coefficient (Wildman–Crippen LogP) is 15.4. The van der Waals surface area contributed by atoms with E-state index in [-0.39, 0.29) is 0 Å². The van der Waals surface area contributed by atoms with E-state index in [2.05, 4.69) is 229 Å². The zero-order valence-electron chi connectivity index (χ0n) is 32.2. The zero-order chi connectivity index (χ0) is 38.9. The predicted molar refractivity (Wildman–Crippen MR) is 246 cm³/mol. The maximum Gasteiger partial charge on any atom is 0.143 e. The lowest BCUT2D eigenvalue weighted by Crippen LogP contribution is -2.28. The fraction of sp³-hybridized carbons (Fsp3) is 0.0175. The Balaban J connectivity index is 1.09. The molecule has 0 unspecified atom stereocenters. The minimum atomic E-state index is -0.503. The monoisotopic (exact) mass is 751 g/mol. The third kappa shape index (κ3) is 5.06. The summed E-state index contributed by atoms with van der Waals surface area (Å²) in [6.07, 6.45) is 0. The second-order valence-electron chi connectivity index (χ2n) is 15.6. The van der Waals surface area contributed by atoms with Gasteiger partial charge in [0.1, 0.15) is 11.2 Å². The van der Waals surface area contributed by atoms with E-state index < -0.39 is 5.41 Å². The molecule has 0 atom stereocenters. The molecule has 0 radical (unpaired) electrons. The van der Waals surface area contributed by atoms with Crippen LogP contribution in [0, 0.1) is 0 Å². The highest BCUT2D eigenvalue weighted by molar-refractivity contribution is 6.19. The summed E-state index contributed by atoms with van der Waals surface area (Å²) in [6, 6.07) is 81.7. The smallest absolute Gasteiger partial charge is 0.143 e. The maximum absolute atomic E-state index is 7.06. The first kappa shape index (κ1) is 33.5. The van der Waals surface area contributed by atoms with E-state index in [9.17, 15) is 0 Å². The third-order valence-corrected chi connectivity index (χ3v) is 12.5. The van der Waals surface area contributed by atoms with Crippen LogP contribution in [0.3, 0.4) is 0 Å². The van der Waals surface area contributed by atoms with Crippen molar-refractivity contribution in [3.8, 4) is 22.3 Å². The van der Waals surface area contributed by atoms with Gasteiger partial charge >= 0.3 is 0 Å². The average Bonchev–Trinajstić information content (AvgIpc) is 3.82. The topological polar surface area (TPSA) is 16.4 Å². The van der Waals surface area contributed by atoms with Crippen molar-refractivity contribution in [1.29, 1.82) is 0 Å². The van der Waals surface area contributed by atoms with E-state index in [0.717, 1.165) is 50.1 Å². The molecule has 0 spiro atoms. The largest absolute Gasteiger partial charge is 0.455 e. The number of hydrogen-bond acceptors (Lipinski definition) is 2. The van der Waals surface area contributed by atoms with Crippen LogP contribution in [0.25, 0.3) is 65.7 Å². The van der Waals surface area contributed by atoms with Crippen molar-refractivity contribution in [2.75, 3.05) is 4.90 Å². The molecule has 0 aliphatic heterocycles. The number of furan rings is 1. The first-order valence-corrected chi connectivity index (χ1v) is 20.3. The van der Waals surface area contributed by atoms with E-state index in [1.54, 1.807) is 0 Å². The van der Waals surface area contributed by atoms with Gasteiger partial charge in [-0.1, -0.05) is 170 Å². The van der Waals surface area contributed by atoms with Crippen LogP contribution in [-0.4, -0.2) is 0 Å². The Morgan fingerprint density at radius 3 is 1.75 bits per heavy atom. The Kier molecular flexibility index (Phi) is 7.48. The first-order valence-electron chi connectivity index (χ1n) is 20.3. The summed E-state index contributed by atoms with van der Waals surface area (Å²) in [4.78, 5) is 2.37. The van der Waals surface area contributed by atoms with Crippen molar-refractivity contribution >= 4 is 60.5 Å². The molecule has 276 valence electrons. The molecule has 0 fully saturated rings. The molecule has 1 aliphatic rings. The summed E-state index contributed by atoms with van der Waals surface area (Å²) in [5.74, 6) is 0. The summed E-state index contributed by atoms with van der Waals surface area (Å²) in [7, 11) is 0. The molecule has 0 N–H and O–H groups in total. The van der Waals surface area contributed by atoms with Gasteiger partial charge < -0.3 is 9.32 Å². The van der Waals surface area contributed by atoms with E-state index in [0.29, 0.717) is 0 Å². The minimum Gasteiger partial charge on any atom is -0.455 e. The summed E-state index contributed by atoms with van der Waals surface area (Å²) in [5.41, 5.74) is 14.3. The van der Waals surface area contributed by atoms with Crippen LogP contribution in [0.15, 0.2) is 229 Å². The summed E-state index contributed by atoms with van der Waals surface area (Å²) in [6.45, 7) is 0. The standard InChI is InChI=1S/C57H37NO/c1-4-19-42(20-5-1)57(43-21-6-2-7-22-43)52-27-15-14-26-48(52)49-32-30-45(36-53(49)57)58(44-23-8-3-9-24-44)46-31-33-50-51-35-40-18-12-13-25-47(40)55(56(51)59-54(50)37-46)41-29-28-38-16-10-11-17-39(38)34-41/h1-37H. The molecule has 2 nitrogen and oxygen atoms in total. The molecular weight excluding hydrogens is 715 g/mol. The van der Waals surface area contributed by atoms with Crippen LogP contribution < -0.4 is 4.90 Å².